The minimum absolute atomic E-state index is 0.0209. The van der Waals surface area contributed by atoms with Crippen LogP contribution in [0.15, 0.2) is 12.1 Å². The molecule has 1 atom stereocenters. The maximum absolute atomic E-state index is 12.2. The molecule has 0 saturated carbocycles. The monoisotopic (exact) mass is 329 g/mol. The van der Waals surface area contributed by atoms with E-state index in [-0.39, 0.29) is 23.9 Å². The van der Waals surface area contributed by atoms with E-state index >= 15 is 0 Å². The molecule has 0 radical (unpaired) electrons. The van der Waals surface area contributed by atoms with Gasteiger partial charge in [0.25, 0.3) is 0 Å². The molecule has 0 spiro atoms. The third-order valence-electron chi connectivity index (χ3n) is 3.76. The van der Waals surface area contributed by atoms with Crippen molar-refractivity contribution in [1.82, 2.24) is 15.5 Å². The van der Waals surface area contributed by atoms with Gasteiger partial charge in [-0.15, -0.1) is 11.3 Å². The molecule has 1 aromatic rings. The molecular weight excluding hydrogens is 310 g/mol. The number of halogens is 1. The second kappa shape index (κ2) is 7.13. The Labute approximate surface area is 133 Å². The molecule has 3 amide bonds. The molecule has 1 aromatic heterocycles. The minimum atomic E-state index is -0.0811. The highest BCUT2D eigenvalue weighted by Gasteiger charge is 2.27. The summed E-state index contributed by atoms with van der Waals surface area (Å²) in [5, 5.41) is 5.64. The summed E-state index contributed by atoms with van der Waals surface area (Å²) in [5.74, 6) is 0.0872. The average Bonchev–Trinajstić information content (AvgIpc) is 2.93. The Morgan fingerprint density at radius 1 is 1.38 bits per heavy atom. The molecule has 2 heterocycles. The molecule has 2 N–H and O–H groups in total. The van der Waals surface area contributed by atoms with Crippen molar-refractivity contribution in [3.05, 3.63) is 21.3 Å². The molecule has 0 aliphatic carbocycles. The van der Waals surface area contributed by atoms with Crippen LogP contribution in [-0.4, -0.2) is 37.0 Å². The highest BCUT2D eigenvalue weighted by atomic mass is 35.5. The van der Waals surface area contributed by atoms with E-state index in [1.165, 1.54) is 11.3 Å². The molecule has 7 heteroatoms. The lowest BCUT2D eigenvalue weighted by atomic mass is 9.96. The van der Waals surface area contributed by atoms with Gasteiger partial charge < -0.3 is 15.5 Å². The summed E-state index contributed by atoms with van der Waals surface area (Å²) in [7, 11) is 1.65. The van der Waals surface area contributed by atoms with Crippen LogP contribution in [0, 0.1) is 5.92 Å². The molecule has 1 aliphatic heterocycles. The van der Waals surface area contributed by atoms with Crippen molar-refractivity contribution in [2.75, 3.05) is 20.1 Å². The summed E-state index contributed by atoms with van der Waals surface area (Å²) in [6, 6.07) is 3.61. The van der Waals surface area contributed by atoms with Crippen molar-refractivity contribution in [3.8, 4) is 0 Å². The van der Waals surface area contributed by atoms with Crippen LogP contribution < -0.4 is 10.6 Å². The topological polar surface area (TPSA) is 61.4 Å². The maximum Gasteiger partial charge on any atom is 0.317 e. The zero-order valence-corrected chi connectivity index (χ0v) is 13.8. The molecule has 1 saturated heterocycles. The number of nitrogens with zero attached hydrogens (tertiary/aromatic N) is 1. The van der Waals surface area contributed by atoms with Gasteiger partial charge in [-0.05, 0) is 31.9 Å². The molecule has 5 nitrogen and oxygen atoms in total. The Kier molecular flexibility index (Phi) is 5.47. The Balaban J connectivity index is 1.83. The smallest absolute Gasteiger partial charge is 0.317 e. The van der Waals surface area contributed by atoms with Crippen molar-refractivity contribution in [1.29, 1.82) is 0 Å². The number of nitrogens with one attached hydrogen (secondary N) is 2. The molecule has 0 aromatic carbocycles. The number of likely N-dealkylation sites (tertiary alicyclic amines) is 1. The Hall–Kier alpha value is -1.27. The van der Waals surface area contributed by atoms with Gasteiger partial charge in [0.05, 0.1) is 10.4 Å². The van der Waals surface area contributed by atoms with Gasteiger partial charge in [-0.2, -0.15) is 0 Å². The van der Waals surface area contributed by atoms with Crippen molar-refractivity contribution in [2.24, 2.45) is 5.92 Å². The lowest BCUT2D eigenvalue weighted by molar-refractivity contribution is -0.125. The van der Waals surface area contributed by atoms with Crippen LogP contribution in [0.5, 0.6) is 0 Å². The number of thiophene rings is 1. The van der Waals surface area contributed by atoms with Crippen molar-refractivity contribution in [2.45, 2.75) is 25.8 Å². The van der Waals surface area contributed by atoms with Crippen LogP contribution >= 0.6 is 22.9 Å². The van der Waals surface area contributed by atoms with Gasteiger partial charge in [-0.3, -0.25) is 4.79 Å². The van der Waals surface area contributed by atoms with Gasteiger partial charge in [0.15, 0.2) is 0 Å². The Morgan fingerprint density at radius 2 is 2.05 bits per heavy atom. The maximum atomic E-state index is 12.2. The fraction of sp³-hybridized carbons (Fsp3) is 0.571. The van der Waals surface area contributed by atoms with Gasteiger partial charge in [-0.1, -0.05) is 11.6 Å². The lowest BCUT2D eigenvalue weighted by Crippen LogP contribution is -2.47. The third kappa shape index (κ3) is 4.11. The summed E-state index contributed by atoms with van der Waals surface area (Å²) < 4.78 is 0.720. The normalized spacial score (nSPS) is 17.4. The van der Waals surface area contributed by atoms with Gasteiger partial charge in [-0.25, -0.2) is 4.79 Å². The minimum Gasteiger partial charge on any atom is -0.359 e. The summed E-state index contributed by atoms with van der Waals surface area (Å²) in [5.41, 5.74) is 0. The van der Waals surface area contributed by atoms with E-state index in [2.05, 4.69) is 10.6 Å². The molecule has 2 rings (SSSR count). The zero-order chi connectivity index (χ0) is 15.4. The second-order valence-electron chi connectivity index (χ2n) is 5.19. The predicted molar refractivity (Wildman–Crippen MR) is 84.6 cm³/mol. The van der Waals surface area contributed by atoms with E-state index in [1.54, 1.807) is 11.9 Å². The quantitative estimate of drug-likeness (QED) is 0.895. The van der Waals surface area contributed by atoms with Gasteiger partial charge in [0.2, 0.25) is 5.91 Å². The molecule has 116 valence electrons. The van der Waals surface area contributed by atoms with Crippen molar-refractivity contribution >= 4 is 34.9 Å². The van der Waals surface area contributed by atoms with Crippen molar-refractivity contribution in [3.63, 3.8) is 0 Å². The number of piperidine rings is 1. The number of urea groups is 1. The van der Waals surface area contributed by atoms with Crippen molar-refractivity contribution < 1.29 is 9.59 Å². The van der Waals surface area contributed by atoms with Crippen LogP contribution in [-0.2, 0) is 4.79 Å². The fourth-order valence-corrected chi connectivity index (χ4v) is 3.52. The van der Waals surface area contributed by atoms with E-state index in [9.17, 15) is 9.59 Å². The van der Waals surface area contributed by atoms with E-state index in [4.69, 9.17) is 11.6 Å². The first-order valence-corrected chi connectivity index (χ1v) is 8.23. The van der Waals surface area contributed by atoms with Gasteiger partial charge >= 0.3 is 6.03 Å². The molecular formula is C14H20ClN3O2S. The summed E-state index contributed by atoms with van der Waals surface area (Å²) in [4.78, 5) is 26.6. The van der Waals surface area contributed by atoms with Crippen LogP contribution in [0.25, 0.3) is 0 Å². The standard InChI is InChI=1S/C14H20ClN3O2S/c1-9(11-3-4-12(15)21-11)17-14(20)18-7-5-10(6-8-18)13(19)16-2/h3-4,9-10H,5-8H2,1-2H3,(H,16,19)(H,17,20). The van der Waals surface area contributed by atoms with Gasteiger partial charge in [0, 0.05) is 30.9 Å². The molecule has 1 unspecified atom stereocenters. The number of carbonyl (C=O) groups excluding carboxylic acids is 2. The zero-order valence-electron chi connectivity index (χ0n) is 12.2. The van der Waals surface area contributed by atoms with E-state index in [1.807, 2.05) is 19.1 Å². The fourth-order valence-electron chi connectivity index (χ4n) is 2.46. The lowest BCUT2D eigenvalue weighted by Gasteiger charge is -2.32. The molecule has 0 bridgehead atoms. The summed E-state index contributed by atoms with van der Waals surface area (Å²) in [6.07, 6.45) is 1.43. The molecule has 1 fully saturated rings. The number of rotatable bonds is 3. The largest absolute Gasteiger partial charge is 0.359 e. The number of hydrogen-bond acceptors (Lipinski definition) is 3. The van der Waals surface area contributed by atoms with Crippen LogP contribution in [0.2, 0.25) is 4.34 Å². The Morgan fingerprint density at radius 3 is 2.57 bits per heavy atom. The first kappa shape index (κ1) is 16.1. The second-order valence-corrected chi connectivity index (χ2v) is 6.94. The number of hydrogen-bond donors (Lipinski definition) is 2. The highest BCUT2D eigenvalue weighted by molar-refractivity contribution is 7.16. The number of carbonyl (C=O) groups is 2. The summed E-state index contributed by atoms with van der Waals surface area (Å²) in [6.45, 7) is 3.17. The number of amides is 3. The highest BCUT2D eigenvalue weighted by Crippen LogP contribution is 2.27. The summed E-state index contributed by atoms with van der Waals surface area (Å²) >= 11 is 7.38. The van der Waals surface area contributed by atoms with E-state index in [0.717, 1.165) is 9.21 Å². The van der Waals surface area contributed by atoms with E-state index in [0.29, 0.717) is 25.9 Å². The molecule has 1 aliphatic rings. The van der Waals surface area contributed by atoms with Crippen LogP contribution in [0.1, 0.15) is 30.7 Å². The van der Waals surface area contributed by atoms with Crippen LogP contribution in [0.3, 0.4) is 0 Å². The average molecular weight is 330 g/mol. The SMILES string of the molecule is CNC(=O)C1CCN(C(=O)NC(C)c2ccc(Cl)s2)CC1. The first-order chi connectivity index (χ1) is 10.0. The third-order valence-corrected chi connectivity index (χ3v) is 5.17. The Bertz CT molecular complexity index is 512. The van der Waals surface area contributed by atoms with Gasteiger partial charge in [0.1, 0.15) is 0 Å². The predicted octanol–water partition coefficient (Wildman–Crippen LogP) is 2.63. The van der Waals surface area contributed by atoms with Crippen LogP contribution in [0.4, 0.5) is 4.79 Å². The molecule has 21 heavy (non-hydrogen) atoms. The van der Waals surface area contributed by atoms with E-state index < -0.39 is 0 Å². The first-order valence-electron chi connectivity index (χ1n) is 7.03.